The second kappa shape index (κ2) is 6.73. The summed E-state index contributed by atoms with van der Waals surface area (Å²) in [6.45, 7) is 2.62. The molecule has 0 atom stereocenters. The van der Waals surface area contributed by atoms with Crippen LogP contribution in [0.2, 0.25) is 0 Å². The summed E-state index contributed by atoms with van der Waals surface area (Å²) < 4.78 is 5.56. The number of ether oxygens (including phenoxy) is 1. The molecule has 2 aromatic carbocycles. The Kier molecular flexibility index (Phi) is 4.06. The van der Waals surface area contributed by atoms with Crippen LogP contribution in [0, 0.1) is 6.92 Å². The molecule has 6 heteroatoms. The van der Waals surface area contributed by atoms with Gasteiger partial charge in [-0.2, -0.15) is 0 Å². The lowest BCUT2D eigenvalue weighted by Crippen LogP contribution is -2.13. The summed E-state index contributed by atoms with van der Waals surface area (Å²) in [5.74, 6) is 0.775. The molecule has 0 saturated carbocycles. The molecule has 0 aliphatic carbocycles. The lowest BCUT2D eigenvalue weighted by Gasteiger charge is -2.07. The van der Waals surface area contributed by atoms with Crippen LogP contribution in [-0.4, -0.2) is 22.5 Å². The molecule has 5 nitrogen and oxygen atoms in total. The number of rotatable bonds is 3. The molecule has 1 aliphatic rings. The largest absolute Gasteiger partial charge is 0.493 e. The fourth-order valence-corrected chi connectivity index (χ4v) is 4.18. The lowest BCUT2D eigenvalue weighted by atomic mass is 10.1. The molecule has 28 heavy (non-hydrogen) atoms. The number of anilines is 1. The number of benzene rings is 2. The minimum Gasteiger partial charge on any atom is -0.493 e. The van der Waals surface area contributed by atoms with Gasteiger partial charge in [0.1, 0.15) is 5.75 Å². The van der Waals surface area contributed by atoms with Crippen molar-refractivity contribution in [2.24, 2.45) is 0 Å². The number of nitrogens with zero attached hydrogens (tertiary/aromatic N) is 2. The Morgan fingerprint density at radius 3 is 2.96 bits per heavy atom. The van der Waals surface area contributed by atoms with Gasteiger partial charge < -0.3 is 4.74 Å². The highest BCUT2D eigenvalue weighted by Gasteiger charge is 2.16. The van der Waals surface area contributed by atoms with Crippen molar-refractivity contribution in [3.05, 3.63) is 70.7 Å². The van der Waals surface area contributed by atoms with Gasteiger partial charge in [0.15, 0.2) is 5.13 Å². The molecular weight excluding hydrogens is 370 g/mol. The van der Waals surface area contributed by atoms with E-state index in [9.17, 15) is 4.79 Å². The smallest absolute Gasteiger partial charge is 0.258 e. The maximum atomic E-state index is 12.9. The monoisotopic (exact) mass is 387 g/mol. The van der Waals surface area contributed by atoms with Gasteiger partial charge in [-0.3, -0.25) is 15.1 Å². The first-order valence-corrected chi connectivity index (χ1v) is 9.95. The van der Waals surface area contributed by atoms with E-state index < -0.39 is 0 Å². The molecule has 0 bridgehead atoms. The normalized spacial score (nSPS) is 12.6. The molecule has 0 radical (unpaired) electrons. The Hall–Kier alpha value is -3.25. The Bertz CT molecular complexity index is 1220. The number of carbonyl (C=O) groups is 1. The van der Waals surface area contributed by atoms with Gasteiger partial charge in [-0.05, 0) is 42.8 Å². The SMILES string of the molecule is Cc1cc(C(=O)Nc2nc(-c3ccc4c(c3)CCO4)cs2)c2ccccc2n1. The van der Waals surface area contributed by atoms with Crippen LogP contribution in [0.4, 0.5) is 5.13 Å². The number of hydrogen-bond acceptors (Lipinski definition) is 5. The van der Waals surface area contributed by atoms with Crippen molar-refractivity contribution in [3.63, 3.8) is 0 Å². The van der Waals surface area contributed by atoms with Crippen LogP contribution in [0.5, 0.6) is 5.75 Å². The minimum atomic E-state index is -0.176. The van der Waals surface area contributed by atoms with E-state index in [0.29, 0.717) is 10.7 Å². The zero-order chi connectivity index (χ0) is 19.1. The third-order valence-electron chi connectivity index (χ3n) is 4.80. The summed E-state index contributed by atoms with van der Waals surface area (Å²) in [7, 11) is 0. The zero-order valence-corrected chi connectivity index (χ0v) is 16.0. The summed E-state index contributed by atoms with van der Waals surface area (Å²) in [6.07, 6.45) is 0.922. The minimum absolute atomic E-state index is 0.176. The molecule has 2 aromatic heterocycles. The van der Waals surface area contributed by atoms with Crippen molar-refractivity contribution < 1.29 is 9.53 Å². The fraction of sp³-hybridized carbons (Fsp3) is 0.136. The van der Waals surface area contributed by atoms with E-state index in [1.165, 1.54) is 16.9 Å². The topological polar surface area (TPSA) is 64.1 Å². The van der Waals surface area contributed by atoms with Crippen LogP contribution in [-0.2, 0) is 6.42 Å². The maximum Gasteiger partial charge on any atom is 0.258 e. The number of thiazole rings is 1. The number of pyridine rings is 1. The number of amides is 1. The number of nitrogens with one attached hydrogen (secondary N) is 1. The third-order valence-corrected chi connectivity index (χ3v) is 5.56. The van der Waals surface area contributed by atoms with E-state index in [0.717, 1.165) is 46.6 Å². The first kappa shape index (κ1) is 16.9. The highest BCUT2D eigenvalue weighted by atomic mass is 32.1. The fourth-order valence-electron chi connectivity index (χ4n) is 3.47. The Morgan fingerprint density at radius 2 is 2.04 bits per heavy atom. The lowest BCUT2D eigenvalue weighted by molar-refractivity contribution is 0.102. The molecule has 0 spiro atoms. The van der Waals surface area contributed by atoms with Crippen LogP contribution in [0.15, 0.2) is 53.9 Å². The van der Waals surface area contributed by atoms with E-state index in [-0.39, 0.29) is 5.91 Å². The quantitative estimate of drug-likeness (QED) is 0.546. The molecule has 1 N–H and O–H groups in total. The van der Waals surface area contributed by atoms with Gasteiger partial charge in [0, 0.05) is 28.4 Å². The average Bonchev–Trinajstić information content (AvgIpc) is 3.35. The van der Waals surface area contributed by atoms with Crippen molar-refractivity contribution >= 4 is 33.3 Å². The van der Waals surface area contributed by atoms with Gasteiger partial charge in [-0.15, -0.1) is 11.3 Å². The molecule has 4 aromatic rings. The first-order chi connectivity index (χ1) is 13.7. The molecule has 1 amide bonds. The molecule has 3 heterocycles. The van der Waals surface area contributed by atoms with Crippen molar-refractivity contribution in [2.45, 2.75) is 13.3 Å². The highest BCUT2D eigenvalue weighted by Crippen LogP contribution is 2.32. The summed E-state index contributed by atoms with van der Waals surface area (Å²) >= 11 is 1.42. The molecule has 0 unspecified atom stereocenters. The maximum absolute atomic E-state index is 12.9. The van der Waals surface area contributed by atoms with Gasteiger partial charge in [0.25, 0.3) is 5.91 Å². The van der Waals surface area contributed by atoms with E-state index in [4.69, 9.17) is 4.74 Å². The molecular formula is C22H17N3O2S. The second-order valence-electron chi connectivity index (χ2n) is 6.74. The van der Waals surface area contributed by atoms with Crippen LogP contribution >= 0.6 is 11.3 Å². The van der Waals surface area contributed by atoms with Gasteiger partial charge in [-0.25, -0.2) is 4.98 Å². The van der Waals surface area contributed by atoms with Crippen molar-refractivity contribution in [2.75, 3.05) is 11.9 Å². The summed E-state index contributed by atoms with van der Waals surface area (Å²) in [5.41, 5.74) is 5.32. The van der Waals surface area contributed by atoms with Crippen LogP contribution < -0.4 is 10.1 Å². The summed E-state index contributed by atoms with van der Waals surface area (Å²) in [5, 5.41) is 6.31. The third kappa shape index (κ3) is 3.01. The number of aryl methyl sites for hydroxylation is 1. The predicted octanol–water partition coefficient (Wildman–Crippen LogP) is 4.85. The second-order valence-corrected chi connectivity index (χ2v) is 7.60. The Balaban J connectivity index is 1.43. The number of hydrogen-bond donors (Lipinski definition) is 1. The first-order valence-electron chi connectivity index (χ1n) is 9.07. The van der Waals surface area contributed by atoms with E-state index in [2.05, 4.69) is 21.4 Å². The van der Waals surface area contributed by atoms with Crippen molar-refractivity contribution in [3.8, 4) is 17.0 Å². The van der Waals surface area contributed by atoms with Crippen LogP contribution in [0.1, 0.15) is 21.6 Å². The number of aromatic nitrogens is 2. The molecule has 1 aliphatic heterocycles. The molecule has 138 valence electrons. The summed E-state index contributed by atoms with van der Waals surface area (Å²) in [4.78, 5) is 22.0. The standard InChI is InChI=1S/C22H17N3O2S/c1-13-10-17(16-4-2-3-5-18(16)23-13)21(26)25-22-24-19(12-28-22)14-6-7-20-15(11-14)8-9-27-20/h2-7,10-12H,8-9H2,1H3,(H,24,25,26). The molecule has 5 rings (SSSR count). The zero-order valence-electron chi connectivity index (χ0n) is 15.2. The highest BCUT2D eigenvalue weighted by molar-refractivity contribution is 7.14. The predicted molar refractivity (Wildman–Crippen MR) is 111 cm³/mol. The summed E-state index contributed by atoms with van der Waals surface area (Å²) in [6, 6.07) is 15.6. The van der Waals surface area contributed by atoms with Gasteiger partial charge in [0.05, 0.1) is 23.4 Å². The number of fused-ring (bicyclic) bond motifs is 2. The van der Waals surface area contributed by atoms with Crippen LogP contribution in [0.3, 0.4) is 0 Å². The van der Waals surface area contributed by atoms with Gasteiger partial charge in [0.2, 0.25) is 0 Å². The van der Waals surface area contributed by atoms with E-state index in [1.54, 1.807) is 0 Å². The molecule has 0 saturated heterocycles. The molecule has 0 fully saturated rings. The van der Waals surface area contributed by atoms with Crippen LogP contribution in [0.25, 0.3) is 22.2 Å². The number of para-hydroxylation sites is 1. The van der Waals surface area contributed by atoms with Gasteiger partial charge >= 0.3 is 0 Å². The van der Waals surface area contributed by atoms with Crippen molar-refractivity contribution in [1.82, 2.24) is 9.97 Å². The Morgan fingerprint density at radius 1 is 1.14 bits per heavy atom. The van der Waals surface area contributed by atoms with E-state index in [1.807, 2.05) is 54.8 Å². The van der Waals surface area contributed by atoms with Crippen molar-refractivity contribution in [1.29, 1.82) is 0 Å². The Labute approximate surface area is 166 Å². The average molecular weight is 387 g/mol. The van der Waals surface area contributed by atoms with E-state index >= 15 is 0 Å². The van der Waals surface area contributed by atoms with Gasteiger partial charge in [-0.1, -0.05) is 18.2 Å². The number of carbonyl (C=O) groups excluding carboxylic acids is 1.